The van der Waals surface area contributed by atoms with Crippen molar-refractivity contribution in [1.29, 1.82) is 0 Å². The Labute approximate surface area is 178 Å². The highest BCUT2D eigenvalue weighted by molar-refractivity contribution is 5.97. The smallest absolute Gasteiger partial charge is 0.256 e. The van der Waals surface area contributed by atoms with Crippen LogP contribution in [0.3, 0.4) is 0 Å². The molecule has 31 heavy (non-hydrogen) atoms. The lowest BCUT2D eigenvalue weighted by Gasteiger charge is -2.22. The quantitative estimate of drug-likeness (QED) is 0.649. The van der Waals surface area contributed by atoms with Crippen LogP contribution >= 0.6 is 0 Å². The third kappa shape index (κ3) is 3.70. The predicted octanol–water partition coefficient (Wildman–Crippen LogP) is 4.86. The third-order valence-electron chi connectivity index (χ3n) is 5.59. The second kappa shape index (κ2) is 7.50. The molecule has 0 saturated carbocycles. The summed E-state index contributed by atoms with van der Waals surface area (Å²) in [6.07, 6.45) is 1.56. The zero-order valence-electron chi connectivity index (χ0n) is 17.3. The minimum atomic E-state index is -1.25. The van der Waals surface area contributed by atoms with E-state index in [0.717, 1.165) is 12.1 Å². The van der Waals surface area contributed by atoms with E-state index in [0.29, 0.717) is 16.8 Å². The van der Waals surface area contributed by atoms with Crippen LogP contribution in [0.1, 0.15) is 46.6 Å². The van der Waals surface area contributed by atoms with Gasteiger partial charge in [0.05, 0.1) is 29.9 Å². The van der Waals surface area contributed by atoms with Crippen molar-refractivity contribution < 1.29 is 23.1 Å². The summed E-state index contributed by atoms with van der Waals surface area (Å²) in [5, 5.41) is 10.2. The van der Waals surface area contributed by atoms with Crippen molar-refractivity contribution in [1.82, 2.24) is 9.88 Å². The number of hydrogen-bond acceptors (Lipinski definition) is 3. The molecule has 0 bridgehead atoms. The molecule has 1 aromatic heterocycles. The molecule has 0 radical (unpaired) electrons. The number of carbonyl (C=O) groups is 1. The van der Waals surface area contributed by atoms with Crippen molar-refractivity contribution in [2.75, 3.05) is 0 Å². The fraction of sp³-hybridized carbons (Fsp3) is 0.250. The van der Waals surface area contributed by atoms with Gasteiger partial charge in [0.1, 0.15) is 17.5 Å². The van der Waals surface area contributed by atoms with Gasteiger partial charge in [0.15, 0.2) is 0 Å². The number of aromatic nitrogens is 1. The largest absolute Gasteiger partial charge is 0.386 e. The van der Waals surface area contributed by atoms with E-state index >= 15 is 0 Å². The van der Waals surface area contributed by atoms with E-state index in [2.05, 4.69) is 4.98 Å². The van der Waals surface area contributed by atoms with Crippen LogP contribution in [0.15, 0.2) is 42.6 Å². The van der Waals surface area contributed by atoms with Gasteiger partial charge in [-0.25, -0.2) is 13.2 Å². The minimum Gasteiger partial charge on any atom is -0.386 e. The highest BCUT2D eigenvalue weighted by Gasteiger charge is 2.30. The zero-order valence-corrected chi connectivity index (χ0v) is 17.3. The topological polar surface area (TPSA) is 53.4 Å². The van der Waals surface area contributed by atoms with Crippen molar-refractivity contribution in [2.24, 2.45) is 0 Å². The molecule has 0 unspecified atom stereocenters. The number of amides is 1. The summed E-state index contributed by atoms with van der Waals surface area (Å²) in [6.45, 7) is 4.50. The first-order valence-corrected chi connectivity index (χ1v) is 9.81. The summed E-state index contributed by atoms with van der Waals surface area (Å²) in [7, 11) is 0. The first-order chi connectivity index (χ1) is 14.6. The van der Waals surface area contributed by atoms with Crippen molar-refractivity contribution in [3.63, 3.8) is 0 Å². The molecule has 4 rings (SSSR count). The van der Waals surface area contributed by atoms with Crippen molar-refractivity contribution in [2.45, 2.75) is 39.5 Å². The number of aliphatic hydroxyl groups is 1. The van der Waals surface area contributed by atoms with E-state index in [4.69, 9.17) is 0 Å². The van der Waals surface area contributed by atoms with Gasteiger partial charge in [0.25, 0.3) is 5.91 Å². The first kappa shape index (κ1) is 21.1. The Morgan fingerprint density at radius 1 is 1.10 bits per heavy atom. The van der Waals surface area contributed by atoms with Crippen LogP contribution in [0.5, 0.6) is 0 Å². The van der Waals surface area contributed by atoms with Gasteiger partial charge in [-0.1, -0.05) is 12.1 Å². The van der Waals surface area contributed by atoms with Gasteiger partial charge in [-0.3, -0.25) is 9.78 Å². The van der Waals surface area contributed by atoms with Gasteiger partial charge in [-0.05, 0) is 61.7 Å². The van der Waals surface area contributed by atoms with E-state index in [1.807, 2.05) is 0 Å². The molecule has 0 spiro atoms. The first-order valence-electron chi connectivity index (χ1n) is 9.81. The lowest BCUT2D eigenvalue weighted by atomic mass is 9.90. The van der Waals surface area contributed by atoms with Gasteiger partial charge in [0.2, 0.25) is 0 Å². The van der Waals surface area contributed by atoms with Crippen LogP contribution in [-0.2, 0) is 18.7 Å². The number of nitrogens with zero attached hydrogens (tertiary/aromatic N) is 2. The second-order valence-corrected chi connectivity index (χ2v) is 8.24. The van der Waals surface area contributed by atoms with Crippen LogP contribution in [0.4, 0.5) is 13.2 Å². The number of rotatable bonds is 4. The fourth-order valence-electron chi connectivity index (χ4n) is 3.98. The normalized spacial score (nSPS) is 13.6. The van der Waals surface area contributed by atoms with Crippen molar-refractivity contribution >= 4 is 5.91 Å². The van der Waals surface area contributed by atoms with Crippen LogP contribution in [0.25, 0.3) is 11.1 Å². The Morgan fingerprint density at radius 2 is 1.77 bits per heavy atom. The standard InChI is InChI=1S/C24H21F3N2O2/c1-13-18(24(2,3)31)7-6-15(22(13)27)14-9-19(25)17(20(26)10-14)11-29-12-21-16(23(29)30)5-4-8-28-21/h4-10,31H,11-12H2,1-3H3. The zero-order chi connectivity index (χ0) is 22.5. The summed E-state index contributed by atoms with van der Waals surface area (Å²) in [4.78, 5) is 17.9. The highest BCUT2D eigenvalue weighted by Crippen LogP contribution is 2.33. The maximum atomic E-state index is 15.0. The molecule has 2 aromatic carbocycles. The maximum absolute atomic E-state index is 15.0. The molecule has 0 saturated heterocycles. The Bertz CT molecular complexity index is 1180. The van der Waals surface area contributed by atoms with Crippen LogP contribution in [0.2, 0.25) is 0 Å². The van der Waals surface area contributed by atoms with Crippen molar-refractivity contribution in [3.05, 3.63) is 88.0 Å². The fourth-order valence-corrected chi connectivity index (χ4v) is 3.98. The summed E-state index contributed by atoms with van der Waals surface area (Å²) in [5.41, 5.74) is 0.144. The molecule has 4 nitrogen and oxygen atoms in total. The van der Waals surface area contributed by atoms with Gasteiger partial charge in [0, 0.05) is 17.3 Å². The molecule has 1 amide bonds. The Balaban J connectivity index is 1.66. The second-order valence-electron chi connectivity index (χ2n) is 8.24. The van der Waals surface area contributed by atoms with Gasteiger partial charge >= 0.3 is 0 Å². The summed E-state index contributed by atoms with van der Waals surface area (Å²) in [6, 6.07) is 8.33. The SMILES string of the molecule is Cc1c(C(C)(C)O)ccc(-c2cc(F)c(CN3Cc4ncccc4C3=O)c(F)c2)c1F. The van der Waals surface area contributed by atoms with Crippen LogP contribution < -0.4 is 0 Å². The molecule has 7 heteroatoms. The number of halogens is 3. The molecule has 0 aliphatic carbocycles. The van der Waals surface area contributed by atoms with E-state index in [-0.39, 0.29) is 41.3 Å². The van der Waals surface area contributed by atoms with Crippen LogP contribution in [0, 0.1) is 24.4 Å². The average Bonchev–Trinajstić information content (AvgIpc) is 3.01. The number of fused-ring (bicyclic) bond motifs is 1. The summed E-state index contributed by atoms with van der Waals surface area (Å²) < 4.78 is 44.7. The lowest BCUT2D eigenvalue weighted by molar-refractivity contribution is 0.0760. The molecular weight excluding hydrogens is 405 g/mol. The van der Waals surface area contributed by atoms with Gasteiger partial charge in [-0.2, -0.15) is 0 Å². The molecular formula is C24H21F3N2O2. The molecule has 0 fully saturated rings. The Hall–Kier alpha value is -3.19. The molecule has 1 aliphatic heterocycles. The van der Waals surface area contributed by atoms with Gasteiger partial charge in [-0.15, -0.1) is 0 Å². The monoisotopic (exact) mass is 426 g/mol. The Morgan fingerprint density at radius 3 is 2.39 bits per heavy atom. The molecule has 2 heterocycles. The highest BCUT2D eigenvalue weighted by atomic mass is 19.1. The van der Waals surface area contributed by atoms with E-state index in [1.54, 1.807) is 24.4 Å². The Kier molecular flexibility index (Phi) is 5.09. The molecule has 160 valence electrons. The molecule has 1 N–H and O–H groups in total. The summed E-state index contributed by atoms with van der Waals surface area (Å²) >= 11 is 0. The number of carbonyl (C=O) groups excluding carboxylic acids is 1. The molecule has 3 aromatic rings. The minimum absolute atomic E-state index is 0.0312. The predicted molar refractivity (Wildman–Crippen MR) is 110 cm³/mol. The number of benzene rings is 2. The maximum Gasteiger partial charge on any atom is 0.256 e. The van der Waals surface area contributed by atoms with Crippen molar-refractivity contribution in [3.8, 4) is 11.1 Å². The third-order valence-corrected chi connectivity index (χ3v) is 5.59. The van der Waals surface area contributed by atoms with E-state index in [1.165, 1.54) is 31.7 Å². The lowest BCUT2D eigenvalue weighted by Crippen LogP contribution is -2.24. The average molecular weight is 426 g/mol. The van der Waals surface area contributed by atoms with Crippen LogP contribution in [-0.4, -0.2) is 20.9 Å². The number of pyridine rings is 1. The summed E-state index contributed by atoms with van der Waals surface area (Å²) in [5.74, 6) is -2.72. The van der Waals surface area contributed by atoms with E-state index < -0.39 is 23.1 Å². The molecule has 1 aliphatic rings. The molecule has 0 atom stereocenters. The number of hydrogen-bond donors (Lipinski definition) is 1. The van der Waals surface area contributed by atoms with Gasteiger partial charge < -0.3 is 10.0 Å². The van der Waals surface area contributed by atoms with E-state index in [9.17, 15) is 23.1 Å².